The number of nitrogens with one attached hydrogen (secondary N) is 1. The van der Waals surface area contributed by atoms with Crippen LogP contribution in [0, 0.1) is 5.82 Å². The summed E-state index contributed by atoms with van der Waals surface area (Å²) in [7, 11) is 0. The van der Waals surface area contributed by atoms with E-state index in [0.29, 0.717) is 0 Å². The summed E-state index contributed by atoms with van der Waals surface area (Å²) < 4.78 is 13.2. The van der Waals surface area contributed by atoms with Crippen LogP contribution in [0.5, 0.6) is 0 Å². The quantitative estimate of drug-likeness (QED) is 0.755. The van der Waals surface area contributed by atoms with E-state index in [1.54, 1.807) is 6.07 Å². The molecule has 1 aliphatic heterocycles. The molecule has 2 heterocycles. The zero-order valence-electron chi connectivity index (χ0n) is 11.8. The van der Waals surface area contributed by atoms with Gasteiger partial charge in [0, 0.05) is 36.7 Å². The van der Waals surface area contributed by atoms with Crippen molar-refractivity contribution in [3.8, 4) is 0 Å². The molecule has 106 valence electrons. The van der Waals surface area contributed by atoms with Crippen LogP contribution >= 0.6 is 0 Å². The van der Waals surface area contributed by atoms with Crippen LogP contribution in [0.15, 0.2) is 48.7 Å². The summed E-state index contributed by atoms with van der Waals surface area (Å²) in [6, 6.07) is 13.6. The van der Waals surface area contributed by atoms with Crippen LogP contribution in [0.2, 0.25) is 0 Å². The number of aromatic amines is 1. The highest BCUT2D eigenvalue weighted by Crippen LogP contribution is 2.24. The summed E-state index contributed by atoms with van der Waals surface area (Å²) in [5.74, 6) is -0.192. The average Bonchev–Trinajstić information content (AvgIpc) is 2.89. The largest absolute Gasteiger partial charge is 0.361 e. The van der Waals surface area contributed by atoms with Gasteiger partial charge in [0.25, 0.3) is 0 Å². The van der Waals surface area contributed by atoms with Gasteiger partial charge in [-0.05, 0) is 41.3 Å². The van der Waals surface area contributed by atoms with Crippen molar-refractivity contribution in [1.82, 2.24) is 9.88 Å². The Balaban J connectivity index is 1.59. The molecule has 0 bridgehead atoms. The average molecular weight is 280 g/mol. The molecule has 0 spiro atoms. The maximum absolute atomic E-state index is 13.2. The van der Waals surface area contributed by atoms with Crippen LogP contribution in [-0.2, 0) is 19.5 Å². The fraction of sp³-hybridized carbons (Fsp3) is 0.222. The van der Waals surface area contributed by atoms with E-state index in [2.05, 4.69) is 34.1 Å². The maximum atomic E-state index is 13.2. The van der Waals surface area contributed by atoms with Crippen molar-refractivity contribution in [3.63, 3.8) is 0 Å². The molecule has 0 unspecified atom stereocenters. The third-order valence-electron chi connectivity index (χ3n) is 4.33. The highest BCUT2D eigenvalue weighted by Gasteiger charge is 2.17. The highest BCUT2D eigenvalue weighted by atomic mass is 19.1. The second kappa shape index (κ2) is 5.01. The summed E-state index contributed by atoms with van der Waals surface area (Å²) in [6.07, 6.45) is 3.11. The Morgan fingerprint density at radius 3 is 2.86 bits per heavy atom. The number of nitrogens with zero attached hydrogens (tertiary/aromatic N) is 1. The van der Waals surface area contributed by atoms with Crippen LogP contribution < -0.4 is 0 Å². The fourth-order valence-corrected chi connectivity index (χ4v) is 3.22. The van der Waals surface area contributed by atoms with Crippen LogP contribution in [-0.4, -0.2) is 16.4 Å². The minimum Gasteiger partial charge on any atom is -0.361 e. The Kier molecular flexibility index (Phi) is 3.00. The third kappa shape index (κ3) is 2.34. The van der Waals surface area contributed by atoms with E-state index >= 15 is 0 Å². The maximum Gasteiger partial charge on any atom is 0.125 e. The fourth-order valence-electron chi connectivity index (χ4n) is 3.22. The van der Waals surface area contributed by atoms with Gasteiger partial charge in [0.15, 0.2) is 0 Å². The zero-order chi connectivity index (χ0) is 14.2. The lowest BCUT2D eigenvalue weighted by Gasteiger charge is -2.28. The van der Waals surface area contributed by atoms with Crippen molar-refractivity contribution in [2.75, 3.05) is 6.54 Å². The Morgan fingerprint density at radius 1 is 1.10 bits per heavy atom. The summed E-state index contributed by atoms with van der Waals surface area (Å²) in [5.41, 5.74) is 5.01. The van der Waals surface area contributed by atoms with Crippen molar-refractivity contribution in [2.24, 2.45) is 0 Å². The summed E-state index contributed by atoms with van der Waals surface area (Å²) in [5, 5.41) is 1.12. The SMILES string of the molecule is Fc1ccc2c(CN3CCc4ccccc4C3)c[nH]c2c1. The van der Waals surface area contributed by atoms with Gasteiger partial charge in [0.1, 0.15) is 5.82 Å². The monoisotopic (exact) mass is 280 g/mol. The molecule has 0 saturated carbocycles. The Hall–Kier alpha value is -2.13. The molecule has 0 saturated heterocycles. The Labute approximate surface area is 123 Å². The predicted octanol–water partition coefficient (Wildman–Crippen LogP) is 3.87. The minimum absolute atomic E-state index is 0.192. The third-order valence-corrected chi connectivity index (χ3v) is 4.33. The van der Waals surface area contributed by atoms with Gasteiger partial charge in [-0.25, -0.2) is 4.39 Å². The first-order valence-electron chi connectivity index (χ1n) is 7.34. The number of benzene rings is 2. The number of halogens is 1. The molecule has 2 aromatic carbocycles. The van der Waals surface area contributed by atoms with Crippen molar-refractivity contribution in [1.29, 1.82) is 0 Å². The van der Waals surface area contributed by atoms with E-state index in [0.717, 1.165) is 37.0 Å². The first kappa shape index (κ1) is 12.6. The summed E-state index contributed by atoms with van der Waals surface area (Å²) in [4.78, 5) is 5.62. The highest BCUT2D eigenvalue weighted by molar-refractivity contribution is 5.83. The predicted molar refractivity (Wildman–Crippen MR) is 82.5 cm³/mol. The molecule has 0 aliphatic carbocycles. The first-order chi connectivity index (χ1) is 10.3. The molecular formula is C18H17FN2. The number of fused-ring (bicyclic) bond motifs is 2. The van der Waals surface area contributed by atoms with Crippen molar-refractivity contribution in [3.05, 3.63) is 71.2 Å². The van der Waals surface area contributed by atoms with E-state index in [9.17, 15) is 4.39 Å². The lowest BCUT2D eigenvalue weighted by atomic mass is 9.99. The number of H-pyrrole nitrogens is 1. The number of hydrogen-bond acceptors (Lipinski definition) is 1. The van der Waals surface area contributed by atoms with Crippen molar-refractivity contribution >= 4 is 10.9 Å². The van der Waals surface area contributed by atoms with Crippen LogP contribution in [0.1, 0.15) is 16.7 Å². The van der Waals surface area contributed by atoms with Gasteiger partial charge in [-0.2, -0.15) is 0 Å². The van der Waals surface area contributed by atoms with Crippen LogP contribution in [0.3, 0.4) is 0 Å². The smallest absolute Gasteiger partial charge is 0.125 e. The normalized spacial score (nSPS) is 15.3. The van der Waals surface area contributed by atoms with E-state index in [4.69, 9.17) is 0 Å². The van der Waals surface area contributed by atoms with E-state index in [1.807, 2.05) is 12.3 Å². The van der Waals surface area contributed by atoms with Gasteiger partial charge in [-0.1, -0.05) is 24.3 Å². The Bertz CT molecular complexity index is 791. The lowest BCUT2D eigenvalue weighted by Crippen LogP contribution is -2.29. The number of rotatable bonds is 2. The summed E-state index contributed by atoms with van der Waals surface area (Å²) >= 11 is 0. The molecule has 0 amide bonds. The van der Waals surface area contributed by atoms with Gasteiger partial charge in [0.05, 0.1) is 0 Å². The van der Waals surface area contributed by atoms with E-state index in [1.165, 1.54) is 22.8 Å². The van der Waals surface area contributed by atoms with E-state index in [-0.39, 0.29) is 5.82 Å². The minimum atomic E-state index is -0.192. The second-order valence-electron chi connectivity index (χ2n) is 5.73. The van der Waals surface area contributed by atoms with Gasteiger partial charge in [-0.3, -0.25) is 4.90 Å². The topological polar surface area (TPSA) is 19.0 Å². The van der Waals surface area contributed by atoms with Crippen LogP contribution in [0.4, 0.5) is 4.39 Å². The van der Waals surface area contributed by atoms with Crippen molar-refractivity contribution in [2.45, 2.75) is 19.5 Å². The molecule has 0 radical (unpaired) electrons. The molecule has 1 aromatic heterocycles. The molecule has 1 N–H and O–H groups in total. The molecule has 4 rings (SSSR count). The first-order valence-corrected chi connectivity index (χ1v) is 7.34. The van der Waals surface area contributed by atoms with Crippen LogP contribution in [0.25, 0.3) is 10.9 Å². The molecule has 3 heteroatoms. The molecule has 2 nitrogen and oxygen atoms in total. The van der Waals surface area contributed by atoms with Gasteiger partial charge < -0.3 is 4.98 Å². The standard InChI is InChI=1S/C18H17FN2/c19-16-5-6-17-15(10-20-18(17)9-16)12-21-8-7-13-3-1-2-4-14(13)11-21/h1-6,9-10,20H,7-8,11-12H2. The molecule has 0 atom stereocenters. The molecule has 3 aromatic rings. The molecular weight excluding hydrogens is 263 g/mol. The molecule has 0 fully saturated rings. The van der Waals surface area contributed by atoms with Gasteiger partial charge >= 0.3 is 0 Å². The van der Waals surface area contributed by atoms with Crippen molar-refractivity contribution < 1.29 is 4.39 Å². The second-order valence-corrected chi connectivity index (χ2v) is 5.73. The van der Waals surface area contributed by atoms with Gasteiger partial charge in [0.2, 0.25) is 0 Å². The number of hydrogen-bond donors (Lipinski definition) is 1. The molecule has 21 heavy (non-hydrogen) atoms. The van der Waals surface area contributed by atoms with Gasteiger partial charge in [-0.15, -0.1) is 0 Å². The zero-order valence-corrected chi connectivity index (χ0v) is 11.8. The van der Waals surface area contributed by atoms with E-state index < -0.39 is 0 Å². The number of aromatic nitrogens is 1. The Morgan fingerprint density at radius 2 is 1.95 bits per heavy atom. The molecule has 1 aliphatic rings. The lowest BCUT2D eigenvalue weighted by molar-refractivity contribution is 0.246. The summed E-state index contributed by atoms with van der Waals surface area (Å²) in [6.45, 7) is 2.97.